The summed E-state index contributed by atoms with van der Waals surface area (Å²) in [7, 11) is 0. The SMILES string of the molecule is Cc1ccccc1Nc1c(-c2cccc(Cl)c2)nc2cccc(C)n12. The lowest BCUT2D eigenvalue weighted by atomic mass is 10.1. The first-order valence-corrected chi connectivity index (χ1v) is 8.58. The molecule has 3 nitrogen and oxygen atoms in total. The first-order valence-electron chi connectivity index (χ1n) is 8.20. The van der Waals surface area contributed by atoms with Gasteiger partial charge in [-0.15, -0.1) is 0 Å². The summed E-state index contributed by atoms with van der Waals surface area (Å²) >= 11 is 6.21. The molecule has 2 aromatic carbocycles. The van der Waals surface area contributed by atoms with Crippen LogP contribution in [0.5, 0.6) is 0 Å². The van der Waals surface area contributed by atoms with Gasteiger partial charge in [-0.05, 0) is 49.7 Å². The van der Waals surface area contributed by atoms with E-state index in [4.69, 9.17) is 16.6 Å². The Labute approximate surface area is 151 Å². The molecule has 0 fully saturated rings. The Morgan fingerprint density at radius 3 is 2.52 bits per heavy atom. The van der Waals surface area contributed by atoms with E-state index in [2.05, 4.69) is 41.8 Å². The number of nitrogens with zero attached hydrogens (tertiary/aromatic N) is 2. The molecule has 0 radical (unpaired) electrons. The summed E-state index contributed by atoms with van der Waals surface area (Å²) < 4.78 is 2.14. The minimum absolute atomic E-state index is 0.702. The van der Waals surface area contributed by atoms with Gasteiger partial charge in [0, 0.05) is 22.0 Å². The van der Waals surface area contributed by atoms with Crippen LogP contribution in [0, 0.1) is 13.8 Å². The van der Waals surface area contributed by atoms with Crippen molar-refractivity contribution in [3.8, 4) is 11.3 Å². The molecule has 0 atom stereocenters. The summed E-state index contributed by atoms with van der Waals surface area (Å²) in [6, 6.07) is 22.2. The topological polar surface area (TPSA) is 29.3 Å². The van der Waals surface area contributed by atoms with E-state index in [0.29, 0.717) is 5.02 Å². The number of para-hydroxylation sites is 1. The van der Waals surface area contributed by atoms with Crippen LogP contribution in [0.2, 0.25) is 5.02 Å². The molecule has 2 aromatic heterocycles. The zero-order valence-electron chi connectivity index (χ0n) is 14.1. The van der Waals surface area contributed by atoms with Gasteiger partial charge in [-0.3, -0.25) is 4.40 Å². The summed E-state index contributed by atoms with van der Waals surface area (Å²) in [6.07, 6.45) is 0. The lowest BCUT2D eigenvalue weighted by Crippen LogP contribution is -2.00. The molecule has 25 heavy (non-hydrogen) atoms. The Morgan fingerprint density at radius 1 is 0.920 bits per heavy atom. The number of hydrogen-bond donors (Lipinski definition) is 1. The lowest BCUT2D eigenvalue weighted by Gasteiger charge is -2.12. The van der Waals surface area contributed by atoms with Crippen molar-refractivity contribution >= 4 is 28.8 Å². The minimum atomic E-state index is 0.702. The van der Waals surface area contributed by atoms with Crippen molar-refractivity contribution in [1.82, 2.24) is 9.38 Å². The van der Waals surface area contributed by atoms with E-state index in [1.807, 2.05) is 48.5 Å². The number of imidazole rings is 1. The molecule has 4 heteroatoms. The van der Waals surface area contributed by atoms with E-state index in [-0.39, 0.29) is 0 Å². The molecule has 0 amide bonds. The van der Waals surface area contributed by atoms with E-state index in [9.17, 15) is 0 Å². The van der Waals surface area contributed by atoms with Crippen LogP contribution in [0.4, 0.5) is 11.5 Å². The molecule has 4 rings (SSSR count). The predicted molar refractivity (Wildman–Crippen MR) is 105 cm³/mol. The van der Waals surface area contributed by atoms with E-state index < -0.39 is 0 Å². The van der Waals surface area contributed by atoms with Crippen molar-refractivity contribution in [3.63, 3.8) is 0 Å². The van der Waals surface area contributed by atoms with Crippen LogP contribution in [-0.4, -0.2) is 9.38 Å². The van der Waals surface area contributed by atoms with Crippen LogP contribution in [0.25, 0.3) is 16.9 Å². The second-order valence-corrected chi connectivity index (χ2v) is 6.56. The van der Waals surface area contributed by atoms with Crippen LogP contribution in [0.3, 0.4) is 0 Å². The number of aryl methyl sites for hydroxylation is 2. The number of nitrogens with one attached hydrogen (secondary N) is 1. The lowest BCUT2D eigenvalue weighted by molar-refractivity contribution is 1.09. The summed E-state index contributed by atoms with van der Waals surface area (Å²) in [5.74, 6) is 0.949. The van der Waals surface area contributed by atoms with E-state index in [1.165, 1.54) is 5.56 Å². The van der Waals surface area contributed by atoms with Gasteiger partial charge in [0.15, 0.2) is 0 Å². The average molecular weight is 348 g/mol. The van der Waals surface area contributed by atoms with Gasteiger partial charge in [-0.1, -0.05) is 48.0 Å². The Balaban J connectivity index is 1.97. The number of aromatic nitrogens is 2. The molecule has 0 spiro atoms. The van der Waals surface area contributed by atoms with Crippen LogP contribution < -0.4 is 5.32 Å². The normalized spacial score (nSPS) is 11.0. The van der Waals surface area contributed by atoms with Crippen molar-refractivity contribution in [3.05, 3.63) is 83.0 Å². The van der Waals surface area contributed by atoms with Gasteiger partial charge < -0.3 is 5.32 Å². The smallest absolute Gasteiger partial charge is 0.143 e. The van der Waals surface area contributed by atoms with Gasteiger partial charge in [-0.2, -0.15) is 0 Å². The fraction of sp³-hybridized carbons (Fsp3) is 0.0952. The summed E-state index contributed by atoms with van der Waals surface area (Å²) in [5, 5.41) is 4.28. The standard InChI is InChI=1S/C21H18ClN3/c1-14-7-3-4-11-18(14)23-21-20(16-9-6-10-17(22)13-16)24-19-12-5-8-15(2)25(19)21/h3-13,23H,1-2H3. The molecule has 0 aliphatic carbocycles. The zero-order valence-corrected chi connectivity index (χ0v) is 14.9. The maximum atomic E-state index is 6.21. The van der Waals surface area contributed by atoms with Crippen molar-refractivity contribution in [2.24, 2.45) is 0 Å². The highest BCUT2D eigenvalue weighted by Crippen LogP contribution is 2.33. The number of fused-ring (bicyclic) bond motifs is 1. The van der Waals surface area contributed by atoms with Crippen LogP contribution in [0.15, 0.2) is 66.7 Å². The molecule has 0 aliphatic heterocycles. The third-order valence-electron chi connectivity index (χ3n) is 4.33. The first kappa shape index (κ1) is 15.7. The zero-order chi connectivity index (χ0) is 17.4. The highest BCUT2D eigenvalue weighted by Gasteiger charge is 2.16. The van der Waals surface area contributed by atoms with Crippen LogP contribution >= 0.6 is 11.6 Å². The fourth-order valence-electron chi connectivity index (χ4n) is 3.05. The number of benzene rings is 2. The van der Waals surface area contributed by atoms with Gasteiger partial charge in [0.2, 0.25) is 0 Å². The molecule has 0 saturated carbocycles. The summed E-state index contributed by atoms with van der Waals surface area (Å²) in [4.78, 5) is 4.85. The Bertz CT molecular complexity index is 1070. The molecule has 0 bridgehead atoms. The molecule has 1 N–H and O–H groups in total. The predicted octanol–water partition coefficient (Wildman–Crippen LogP) is 6.02. The number of rotatable bonds is 3. The monoisotopic (exact) mass is 347 g/mol. The van der Waals surface area contributed by atoms with E-state index >= 15 is 0 Å². The molecular formula is C21H18ClN3. The molecule has 0 unspecified atom stereocenters. The number of halogens is 1. The van der Waals surface area contributed by atoms with Gasteiger partial charge in [0.25, 0.3) is 0 Å². The molecular weight excluding hydrogens is 330 g/mol. The van der Waals surface area contributed by atoms with E-state index in [0.717, 1.165) is 34.1 Å². The van der Waals surface area contributed by atoms with E-state index in [1.54, 1.807) is 0 Å². The molecule has 2 heterocycles. The average Bonchev–Trinajstić information content (AvgIpc) is 2.97. The Kier molecular flexibility index (Phi) is 3.94. The van der Waals surface area contributed by atoms with Gasteiger partial charge in [-0.25, -0.2) is 4.98 Å². The maximum Gasteiger partial charge on any atom is 0.143 e. The third kappa shape index (κ3) is 2.87. The molecule has 0 saturated heterocycles. The Morgan fingerprint density at radius 2 is 1.72 bits per heavy atom. The fourth-order valence-corrected chi connectivity index (χ4v) is 3.24. The third-order valence-corrected chi connectivity index (χ3v) is 4.57. The first-order chi connectivity index (χ1) is 12.1. The van der Waals surface area contributed by atoms with Crippen molar-refractivity contribution in [2.45, 2.75) is 13.8 Å². The number of hydrogen-bond acceptors (Lipinski definition) is 2. The van der Waals surface area contributed by atoms with Crippen molar-refractivity contribution < 1.29 is 0 Å². The van der Waals surface area contributed by atoms with Crippen molar-refractivity contribution in [2.75, 3.05) is 5.32 Å². The second kappa shape index (κ2) is 6.26. The molecule has 4 aromatic rings. The molecule has 0 aliphatic rings. The van der Waals surface area contributed by atoms with Gasteiger partial charge in [0.1, 0.15) is 17.2 Å². The Hall–Kier alpha value is -2.78. The largest absolute Gasteiger partial charge is 0.339 e. The number of anilines is 2. The number of pyridine rings is 1. The summed E-state index contributed by atoms with van der Waals surface area (Å²) in [5.41, 5.74) is 6.16. The highest BCUT2D eigenvalue weighted by molar-refractivity contribution is 6.30. The van der Waals surface area contributed by atoms with Crippen molar-refractivity contribution in [1.29, 1.82) is 0 Å². The second-order valence-electron chi connectivity index (χ2n) is 6.12. The maximum absolute atomic E-state index is 6.21. The minimum Gasteiger partial charge on any atom is -0.339 e. The summed E-state index contributed by atoms with van der Waals surface area (Å²) in [6.45, 7) is 4.18. The van der Waals surface area contributed by atoms with Crippen LogP contribution in [0.1, 0.15) is 11.3 Å². The quantitative estimate of drug-likeness (QED) is 0.491. The van der Waals surface area contributed by atoms with Gasteiger partial charge >= 0.3 is 0 Å². The van der Waals surface area contributed by atoms with Gasteiger partial charge in [0.05, 0.1) is 0 Å². The molecule has 124 valence electrons. The van der Waals surface area contributed by atoms with Crippen LogP contribution in [-0.2, 0) is 0 Å². The highest BCUT2D eigenvalue weighted by atomic mass is 35.5.